The third kappa shape index (κ3) is 4.00. The van der Waals surface area contributed by atoms with Crippen LogP contribution < -0.4 is 5.32 Å². The summed E-state index contributed by atoms with van der Waals surface area (Å²) in [6.07, 6.45) is 6.34. The van der Waals surface area contributed by atoms with E-state index in [2.05, 4.69) is 46.7 Å². The Kier molecular flexibility index (Phi) is 5.56. The molecule has 0 radical (unpaired) electrons. The molecule has 4 heteroatoms. The number of pyridine rings is 1. The Morgan fingerprint density at radius 2 is 1.68 bits per heavy atom. The smallest absolute Gasteiger partial charge is 0.236 e. The summed E-state index contributed by atoms with van der Waals surface area (Å²) in [6, 6.07) is 24.9. The molecule has 1 aliphatic heterocycles. The second-order valence-electron chi connectivity index (χ2n) is 8.80. The van der Waals surface area contributed by atoms with Crippen LogP contribution in [0.1, 0.15) is 47.7 Å². The highest BCUT2D eigenvalue weighted by atomic mass is 16.2. The lowest BCUT2D eigenvalue weighted by Crippen LogP contribution is -2.47. The molecule has 31 heavy (non-hydrogen) atoms. The fraction of sp³-hybridized carbons (Fsp3) is 0.333. The molecule has 1 spiro atoms. The van der Waals surface area contributed by atoms with Gasteiger partial charge in [-0.15, -0.1) is 0 Å². The zero-order valence-electron chi connectivity index (χ0n) is 17.8. The number of nitrogens with one attached hydrogen (secondary N) is 1. The number of benzene rings is 2. The SMILES string of the molecule is O=C(CNC(c1ccccc1)c1ccccn1)N1CCC2(CCc3ccccc32)CC1. The lowest BCUT2D eigenvalue weighted by Gasteiger charge is -2.40. The number of nitrogens with zero attached hydrogens (tertiary/aromatic N) is 2. The average Bonchev–Trinajstić information content (AvgIpc) is 3.19. The maximum absolute atomic E-state index is 13.1. The van der Waals surface area contributed by atoms with E-state index >= 15 is 0 Å². The number of likely N-dealkylation sites (tertiary alicyclic amines) is 1. The predicted molar refractivity (Wildman–Crippen MR) is 123 cm³/mol. The fourth-order valence-electron chi connectivity index (χ4n) is 5.35. The van der Waals surface area contributed by atoms with Crippen LogP contribution >= 0.6 is 0 Å². The molecule has 4 nitrogen and oxygen atoms in total. The van der Waals surface area contributed by atoms with Gasteiger partial charge in [0.1, 0.15) is 0 Å². The van der Waals surface area contributed by atoms with Crippen molar-refractivity contribution in [2.45, 2.75) is 37.1 Å². The van der Waals surface area contributed by atoms with Crippen molar-refractivity contribution in [1.29, 1.82) is 0 Å². The summed E-state index contributed by atoms with van der Waals surface area (Å²) in [4.78, 5) is 19.6. The van der Waals surface area contributed by atoms with Crippen LogP contribution in [0.5, 0.6) is 0 Å². The maximum Gasteiger partial charge on any atom is 0.236 e. The molecule has 5 rings (SSSR count). The van der Waals surface area contributed by atoms with Gasteiger partial charge in [-0.3, -0.25) is 15.1 Å². The van der Waals surface area contributed by atoms with Crippen molar-refractivity contribution >= 4 is 5.91 Å². The highest BCUT2D eigenvalue weighted by Gasteiger charge is 2.41. The van der Waals surface area contributed by atoms with E-state index in [1.807, 2.05) is 41.3 Å². The number of carbonyl (C=O) groups is 1. The van der Waals surface area contributed by atoms with Gasteiger partial charge in [-0.05, 0) is 59.9 Å². The van der Waals surface area contributed by atoms with Crippen molar-refractivity contribution in [3.8, 4) is 0 Å². The minimum absolute atomic E-state index is 0.0933. The van der Waals surface area contributed by atoms with Gasteiger partial charge in [-0.1, -0.05) is 60.7 Å². The van der Waals surface area contributed by atoms with E-state index < -0.39 is 0 Å². The van der Waals surface area contributed by atoms with Gasteiger partial charge in [0, 0.05) is 19.3 Å². The molecule has 1 saturated heterocycles. The van der Waals surface area contributed by atoms with Crippen molar-refractivity contribution in [1.82, 2.24) is 15.2 Å². The van der Waals surface area contributed by atoms with E-state index in [4.69, 9.17) is 0 Å². The monoisotopic (exact) mass is 411 g/mol. The molecule has 0 bridgehead atoms. The third-order valence-electron chi connectivity index (χ3n) is 7.11. The Hall–Kier alpha value is -2.98. The number of rotatable bonds is 5. The predicted octanol–water partition coefficient (Wildman–Crippen LogP) is 4.27. The highest BCUT2D eigenvalue weighted by molar-refractivity contribution is 5.78. The molecule has 0 saturated carbocycles. The van der Waals surface area contributed by atoms with Crippen molar-refractivity contribution in [3.63, 3.8) is 0 Å². The fourth-order valence-corrected chi connectivity index (χ4v) is 5.35. The number of aryl methyl sites for hydroxylation is 1. The number of carbonyl (C=O) groups excluding carboxylic acids is 1. The molecular weight excluding hydrogens is 382 g/mol. The van der Waals surface area contributed by atoms with Gasteiger partial charge in [-0.25, -0.2) is 0 Å². The van der Waals surface area contributed by atoms with Gasteiger partial charge in [0.05, 0.1) is 18.3 Å². The second kappa shape index (κ2) is 8.64. The van der Waals surface area contributed by atoms with E-state index in [0.717, 1.165) is 37.2 Å². The Morgan fingerprint density at radius 3 is 2.45 bits per heavy atom. The first kappa shape index (κ1) is 20.0. The summed E-state index contributed by atoms with van der Waals surface area (Å²) in [5.74, 6) is 0.179. The summed E-state index contributed by atoms with van der Waals surface area (Å²) in [6.45, 7) is 2.00. The quantitative estimate of drug-likeness (QED) is 0.682. The minimum Gasteiger partial charge on any atom is -0.342 e. The average molecular weight is 412 g/mol. The van der Waals surface area contributed by atoms with Crippen LogP contribution in [0.3, 0.4) is 0 Å². The second-order valence-corrected chi connectivity index (χ2v) is 8.80. The molecule has 1 unspecified atom stereocenters. The lowest BCUT2D eigenvalue weighted by molar-refractivity contribution is -0.132. The molecule has 3 aromatic rings. The first-order chi connectivity index (χ1) is 15.3. The van der Waals surface area contributed by atoms with Gasteiger partial charge < -0.3 is 4.90 Å². The summed E-state index contributed by atoms with van der Waals surface area (Å²) < 4.78 is 0. The summed E-state index contributed by atoms with van der Waals surface area (Å²) in [5.41, 5.74) is 5.36. The topological polar surface area (TPSA) is 45.2 Å². The normalized spacial score (nSPS) is 18.0. The van der Waals surface area contributed by atoms with Gasteiger partial charge in [0.25, 0.3) is 0 Å². The van der Waals surface area contributed by atoms with Crippen LogP contribution in [0, 0.1) is 0 Å². The van der Waals surface area contributed by atoms with E-state index in [0.29, 0.717) is 6.54 Å². The molecule has 2 aromatic carbocycles. The lowest BCUT2D eigenvalue weighted by atomic mass is 9.74. The Morgan fingerprint density at radius 1 is 0.935 bits per heavy atom. The Balaban J connectivity index is 1.24. The van der Waals surface area contributed by atoms with Crippen molar-refractivity contribution in [2.24, 2.45) is 0 Å². The zero-order chi connectivity index (χ0) is 21.1. The van der Waals surface area contributed by atoms with E-state index in [-0.39, 0.29) is 17.4 Å². The molecule has 1 fully saturated rings. The Bertz CT molecular complexity index is 987. The van der Waals surface area contributed by atoms with Gasteiger partial charge >= 0.3 is 0 Å². The summed E-state index contributed by atoms with van der Waals surface area (Å²) >= 11 is 0. The molecule has 1 aliphatic carbocycles. The summed E-state index contributed by atoms with van der Waals surface area (Å²) in [5, 5.41) is 3.47. The largest absolute Gasteiger partial charge is 0.342 e. The van der Waals surface area contributed by atoms with Gasteiger partial charge in [-0.2, -0.15) is 0 Å². The molecular formula is C27H29N3O. The van der Waals surface area contributed by atoms with Crippen molar-refractivity contribution < 1.29 is 4.79 Å². The number of piperidine rings is 1. The summed E-state index contributed by atoms with van der Waals surface area (Å²) in [7, 11) is 0. The molecule has 158 valence electrons. The minimum atomic E-state index is -0.0933. The van der Waals surface area contributed by atoms with E-state index in [1.54, 1.807) is 6.20 Å². The molecule has 1 N–H and O–H groups in total. The first-order valence-corrected chi connectivity index (χ1v) is 11.3. The first-order valence-electron chi connectivity index (χ1n) is 11.3. The van der Waals surface area contributed by atoms with Crippen LogP contribution in [0.2, 0.25) is 0 Å². The van der Waals surface area contributed by atoms with Crippen LogP contribution in [0.15, 0.2) is 79.0 Å². The maximum atomic E-state index is 13.1. The van der Waals surface area contributed by atoms with Crippen LogP contribution in [0.25, 0.3) is 0 Å². The standard InChI is InChI=1S/C27H29N3O/c31-25(20-29-26(22-9-2-1-3-10-22)24-12-6-7-17-28-24)30-18-15-27(16-19-30)14-13-21-8-4-5-11-23(21)27/h1-12,17,26,29H,13-16,18-20H2. The van der Waals surface area contributed by atoms with Gasteiger partial charge in [0.15, 0.2) is 0 Å². The molecule has 2 heterocycles. The number of hydrogen-bond acceptors (Lipinski definition) is 3. The van der Waals surface area contributed by atoms with Crippen molar-refractivity contribution in [2.75, 3.05) is 19.6 Å². The van der Waals surface area contributed by atoms with Gasteiger partial charge in [0.2, 0.25) is 5.91 Å². The van der Waals surface area contributed by atoms with E-state index in [1.165, 1.54) is 24.0 Å². The van der Waals surface area contributed by atoms with Crippen LogP contribution in [-0.4, -0.2) is 35.4 Å². The van der Waals surface area contributed by atoms with Crippen LogP contribution in [0.4, 0.5) is 0 Å². The Labute approximate surface area is 184 Å². The third-order valence-corrected chi connectivity index (χ3v) is 7.11. The molecule has 1 atom stereocenters. The van der Waals surface area contributed by atoms with E-state index in [9.17, 15) is 4.79 Å². The number of hydrogen-bond donors (Lipinski definition) is 1. The number of amides is 1. The number of aromatic nitrogens is 1. The molecule has 1 amide bonds. The highest BCUT2D eigenvalue weighted by Crippen LogP contribution is 2.46. The molecule has 2 aliphatic rings. The molecule has 1 aromatic heterocycles. The number of fused-ring (bicyclic) bond motifs is 2. The van der Waals surface area contributed by atoms with Crippen molar-refractivity contribution in [3.05, 3.63) is 101 Å². The van der Waals surface area contributed by atoms with Crippen LogP contribution in [-0.2, 0) is 16.6 Å². The zero-order valence-corrected chi connectivity index (χ0v) is 17.8.